The van der Waals surface area contributed by atoms with Gasteiger partial charge in [-0.25, -0.2) is 8.78 Å². The van der Waals surface area contributed by atoms with Gasteiger partial charge in [0, 0.05) is 11.9 Å². The van der Waals surface area contributed by atoms with Gasteiger partial charge in [0.1, 0.15) is 6.61 Å². The minimum Gasteiger partial charge on any atom is -0.550 e. The van der Waals surface area contributed by atoms with Crippen LogP contribution in [0.3, 0.4) is 0 Å². The smallest absolute Gasteiger partial charge is 0.550 e. The molecule has 0 spiro atoms. The molecule has 28 heavy (non-hydrogen) atoms. The molecule has 0 saturated heterocycles. The Balaban J connectivity index is 0. The van der Waals surface area contributed by atoms with Crippen molar-refractivity contribution in [3.63, 3.8) is 0 Å². The van der Waals surface area contributed by atoms with Crippen LogP contribution >= 0.6 is 0 Å². The maximum Gasteiger partial charge on any atom is 1.00 e. The Morgan fingerprint density at radius 1 is 0.929 bits per heavy atom. The fourth-order valence-corrected chi connectivity index (χ4v) is 1.45. The minimum absolute atomic E-state index is 0. The van der Waals surface area contributed by atoms with E-state index in [0.29, 0.717) is 0 Å². The quantitative estimate of drug-likeness (QED) is 0.269. The van der Waals surface area contributed by atoms with Crippen LogP contribution in [0.4, 0.5) is 43.9 Å². The average molecular weight is 429 g/mol. The van der Waals surface area contributed by atoms with E-state index in [2.05, 4.69) is 4.74 Å². The zero-order valence-corrected chi connectivity index (χ0v) is 14.4. The van der Waals surface area contributed by atoms with Crippen molar-refractivity contribution in [2.45, 2.75) is 44.0 Å². The third kappa shape index (κ3) is 5.46. The van der Waals surface area contributed by atoms with E-state index in [0.717, 1.165) is 13.8 Å². The van der Waals surface area contributed by atoms with Crippen molar-refractivity contribution in [1.29, 1.82) is 0 Å². The van der Waals surface area contributed by atoms with Gasteiger partial charge < -0.3 is 14.6 Å². The van der Waals surface area contributed by atoms with Crippen molar-refractivity contribution in [1.82, 2.24) is 0 Å². The second-order valence-electron chi connectivity index (χ2n) is 5.43. The van der Waals surface area contributed by atoms with Gasteiger partial charge in [-0.1, -0.05) is 13.8 Å². The second-order valence-corrected chi connectivity index (χ2v) is 5.43. The molecule has 2 atom stereocenters. The first kappa shape index (κ1) is 29.0. The van der Waals surface area contributed by atoms with Crippen LogP contribution in [-0.4, -0.2) is 48.7 Å². The third-order valence-corrected chi connectivity index (χ3v) is 3.56. The van der Waals surface area contributed by atoms with Gasteiger partial charge in [-0.05, 0) is 0 Å². The summed E-state index contributed by atoms with van der Waals surface area (Å²) in [6.45, 7) is 0.0372. The maximum atomic E-state index is 13.3. The van der Waals surface area contributed by atoms with Crippen LogP contribution in [0.25, 0.3) is 0 Å². The van der Waals surface area contributed by atoms with Crippen molar-refractivity contribution in [3.05, 3.63) is 6.42 Å². The Morgan fingerprint density at radius 3 is 1.71 bits per heavy atom. The van der Waals surface area contributed by atoms with Crippen LogP contribution in [0.2, 0.25) is 0 Å². The molecule has 15 heteroatoms. The Hall–Kier alpha value is -1.16. The van der Waals surface area contributed by atoms with E-state index in [1.54, 1.807) is 0 Å². The molecule has 0 aliphatic rings. The van der Waals surface area contributed by atoms with Gasteiger partial charge in [-0.3, -0.25) is 4.79 Å². The van der Waals surface area contributed by atoms with Gasteiger partial charge in [-0.2, -0.15) is 35.1 Å². The zero-order valence-electron chi connectivity index (χ0n) is 14.4. The molecule has 0 fully saturated rings. The van der Waals surface area contributed by atoms with Crippen molar-refractivity contribution < 1.29 is 82.2 Å². The van der Waals surface area contributed by atoms with Crippen molar-refractivity contribution in [2.24, 2.45) is 11.8 Å². The number of carbonyl (C=O) groups is 2. The van der Waals surface area contributed by atoms with E-state index in [9.17, 15) is 58.6 Å². The number of hydrogen-bond acceptors (Lipinski definition) is 4. The predicted molar refractivity (Wildman–Crippen MR) is 64.4 cm³/mol. The van der Waals surface area contributed by atoms with E-state index < -0.39 is 66.9 Å². The van der Waals surface area contributed by atoms with Crippen LogP contribution in [-0.2, 0) is 14.3 Å². The summed E-state index contributed by atoms with van der Waals surface area (Å²) in [6, 6.07) is 0. The fourth-order valence-electron chi connectivity index (χ4n) is 1.45. The fraction of sp³-hybridized carbons (Fsp3) is 0.769. The van der Waals surface area contributed by atoms with Gasteiger partial charge in [0.15, 0.2) is 0 Å². The molecule has 0 aromatic carbocycles. The summed E-state index contributed by atoms with van der Waals surface area (Å²) in [7, 11) is 0. The summed E-state index contributed by atoms with van der Waals surface area (Å²) in [5.41, 5.74) is 0. The molecule has 0 saturated carbocycles. The number of carboxylic acids is 1. The topological polar surface area (TPSA) is 66.4 Å². The van der Waals surface area contributed by atoms with Gasteiger partial charge in [0.2, 0.25) is 0 Å². The molecule has 0 N–H and O–H groups in total. The summed E-state index contributed by atoms with van der Waals surface area (Å²) >= 11 is 0. The number of rotatable bonds is 10. The number of carboxylic acid groups (broad SMARTS) is 1. The normalized spacial score (nSPS) is 15.6. The number of carbonyl (C=O) groups excluding carboxylic acids is 2. The van der Waals surface area contributed by atoms with E-state index in [-0.39, 0.29) is 18.9 Å². The first-order valence-electron chi connectivity index (χ1n) is 6.85. The molecule has 0 heterocycles. The van der Waals surface area contributed by atoms with Gasteiger partial charge in [0.05, 0.1) is 12.3 Å². The molecular formula is C13H12F10LiO4. The molecule has 0 rings (SSSR count). The standard InChI is InChI=1S/C13H13F10O4.Li/c1-5(7(24)25)6(2)8(26)27-4-3-10(16,17)12(20,21)13(22,23)11(18,19)9(14)15;/h3,5-6,9H,4H2,1-2H3,(H,24,25);/q;+1/p-1. The summed E-state index contributed by atoms with van der Waals surface area (Å²) < 4.78 is 132. The van der Waals surface area contributed by atoms with Crippen LogP contribution in [0.5, 0.6) is 0 Å². The Kier molecular flexibility index (Phi) is 9.91. The Labute approximate surface area is 163 Å². The first-order valence-corrected chi connectivity index (χ1v) is 6.85. The monoisotopic (exact) mass is 429 g/mol. The van der Waals surface area contributed by atoms with E-state index in [1.807, 2.05) is 0 Å². The molecule has 159 valence electrons. The molecule has 0 aromatic rings. The maximum absolute atomic E-state index is 13.3. The third-order valence-electron chi connectivity index (χ3n) is 3.56. The number of esters is 1. The van der Waals surface area contributed by atoms with E-state index in [4.69, 9.17) is 0 Å². The minimum atomic E-state index is -7.16. The molecule has 0 bridgehead atoms. The van der Waals surface area contributed by atoms with E-state index in [1.165, 1.54) is 0 Å². The molecular weight excluding hydrogens is 417 g/mol. The zero-order chi connectivity index (χ0) is 22.0. The van der Waals surface area contributed by atoms with Crippen molar-refractivity contribution in [3.8, 4) is 0 Å². The van der Waals surface area contributed by atoms with Crippen molar-refractivity contribution in [2.75, 3.05) is 6.61 Å². The van der Waals surface area contributed by atoms with Crippen LogP contribution in [0.15, 0.2) is 0 Å². The summed E-state index contributed by atoms with van der Waals surface area (Å²) in [4.78, 5) is 21.8. The average Bonchev–Trinajstić information content (AvgIpc) is 2.51. The van der Waals surface area contributed by atoms with Crippen LogP contribution in [0.1, 0.15) is 13.8 Å². The van der Waals surface area contributed by atoms with Crippen molar-refractivity contribution >= 4 is 11.9 Å². The summed E-state index contributed by atoms with van der Waals surface area (Å²) in [5.74, 6) is -33.3. The van der Waals surface area contributed by atoms with Crippen LogP contribution in [0, 0.1) is 18.3 Å². The van der Waals surface area contributed by atoms with Gasteiger partial charge >= 0.3 is 54.9 Å². The molecule has 0 aliphatic carbocycles. The number of hydrogen-bond donors (Lipinski definition) is 0. The van der Waals surface area contributed by atoms with Gasteiger partial charge in [-0.15, -0.1) is 0 Å². The van der Waals surface area contributed by atoms with Crippen LogP contribution < -0.4 is 24.0 Å². The molecule has 1 radical (unpaired) electrons. The number of ether oxygens (including phenoxy) is 1. The Bertz CT molecular complexity index is 555. The number of alkyl halides is 10. The molecule has 2 unspecified atom stereocenters. The molecule has 0 aromatic heterocycles. The van der Waals surface area contributed by atoms with Gasteiger partial charge in [0.25, 0.3) is 0 Å². The number of aliphatic carboxylic acids is 1. The molecule has 0 aliphatic heterocycles. The largest absolute Gasteiger partial charge is 1.00 e. The number of halogens is 10. The SMILES string of the molecule is CC(C(=O)[O-])C(C)C(=O)OC[CH]C(F)(F)C(F)(F)C(F)(F)C(F)(F)C(F)F.[Li+]. The second kappa shape index (κ2) is 9.56. The summed E-state index contributed by atoms with van der Waals surface area (Å²) in [6.07, 6.45) is -6.48. The molecule has 4 nitrogen and oxygen atoms in total. The molecule has 0 amide bonds. The first-order chi connectivity index (χ1) is 11.8. The predicted octanol–water partition coefficient (Wildman–Crippen LogP) is -0.434. The van der Waals surface area contributed by atoms with E-state index >= 15 is 0 Å². The Morgan fingerprint density at radius 2 is 1.36 bits per heavy atom. The summed E-state index contributed by atoms with van der Waals surface area (Å²) in [5, 5.41) is 10.5.